The molecule has 1 saturated heterocycles. The Labute approximate surface area is 162 Å². The number of piperidine rings is 1. The minimum atomic E-state index is -0.197. The highest BCUT2D eigenvalue weighted by atomic mass is 35.5. The molecule has 0 saturated carbocycles. The second-order valence-corrected chi connectivity index (χ2v) is 6.76. The fourth-order valence-corrected chi connectivity index (χ4v) is 3.35. The standard InChI is InChI=1S/C19H20ClN5O2/c1-27-17-3-2-14(20)10-15(17)19(26)24-12-13-4-8-25(9-5-13)18-16(11-21)22-6-7-23-18/h2-3,6-7,10,13H,4-5,8-9,12H2,1H3,(H,24,26). The summed E-state index contributed by atoms with van der Waals surface area (Å²) in [6.45, 7) is 2.12. The van der Waals surface area contributed by atoms with Crippen LogP contribution >= 0.6 is 11.6 Å². The summed E-state index contributed by atoms with van der Waals surface area (Å²) in [6.07, 6.45) is 4.91. The summed E-state index contributed by atoms with van der Waals surface area (Å²) >= 11 is 5.99. The number of amides is 1. The van der Waals surface area contributed by atoms with Gasteiger partial charge < -0.3 is 15.0 Å². The van der Waals surface area contributed by atoms with Crippen molar-refractivity contribution >= 4 is 23.3 Å². The number of aromatic nitrogens is 2. The molecule has 1 aromatic heterocycles. The first-order valence-electron chi connectivity index (χ1n) is 8.70. The SMILES string of the molecule is COc1ccc(Cl)cc1C(=O)NCC1CCN(c2nccnc2C#N)CC1. The van der Waals surface area contributed by atoms with Gasteiger partial charge in [-0.2, -0.15) is 5.26 Å². The van der Waals surface area contributed by atoms with E-state index in [1.807, 2.05) is 0 Å². The van der Waals surface area contributed by atoms with Gasteiger partial charge in [-0.1, -0.05) is 11.6 Å². The molecule has 0 atom stereocenters. The number of rotatable bonds is 5. The molecule has 0 radical (unpaired) electrons. The maximum absolute atomic E-state index is 12.5. The number of nitrogens with zero attached hydrogens (tertiary/aromatic N) is 4. The zero-order valence-electron chi connectivity index (χ0n) is 15.0. The van der Waals surface area contributed by atoms with Crippen molar-refractivity contribution in [2.75, 3.05) is 31.6 Å². The predicted molar refractivity (Wildman–Crippen MR) is 102 cm³/mol. The topological polar surface area (TPSA) is 91.1 Å². The van der Waals surface area contributed by atoms with Crippen molar-refractivity contribution in [3.05, 3.63) is 46.9 Å². The Kier molecular flexibility index (Phi) is 6.09. The van der Waals surface area contributed by atoms with Gasteiger partial charge in [0, 0.05) is 37.1 Å². The van der Waals surface area contributed by atoms with Gasteiger partial charge in [0.25, 0.3) is 5.91 Å². The molecule has 2 aromatic rings. The molecule has 8 heteroatoms. The highest BCUT2D eigenvalue weighted by Crippen LogP contribution is 2.24. The number of carbonyl (C=O) groups excluding carboxylic acids is 1. The number of carbonyl (C=O) groups is 1. The molecule has 2 heterocycles. The molecule has 1 aliphatic heterocycles. The number of nitrogens with one attached hydrogen (secondary N) is 1. The molecule has 1 amide bonds. The molecule has 0 unspecified atom stereocenters. The summed E-state index contributed by atoms with van der Waals surface area (Å²) in [5, 5.41) is 12.6. The Bertz CT molecular complexity index is 859. The third-order valence-electron chi connectivity index (χ3n) is 4.66. The fourth-order valence-electron chi connectivity index (χ4n) is 3.18. The Balaban J connectivity index is 1.55. The molecule has 1 aliphatic rings. The first-order chi connectivity index (χ1) is 13.1. The van der Waals surface area contributed by atoms with Gasteiger partial charge in [-0.15, -0.1) is 0 Å². The Morgan fingerprint density at radius 1 is 1.37 bits per heavy atom. The van der Waals surface area contributed by atoms with Crippen molar-refractivity contribution in [1.29, 1.82) is 5.26 Å². The molecule has 1 fully saturated rings. The van der Waals surface area contributed by atoms with Crippen LogP contribution in [0.4, 0.5) is 5.82 Å². The highest BCUT2D eigenvalue weighted by Gasteiger charge is 2.23. The van der Waals surface area contributed by atoms with E-state index in [1.165, 1.54) is 13.3 Å². The summed E-state index contributed by atoms with van der Waals surface area (Å²) < 4.78 is 5.23. The van der Waals surface area contributed by atoms with E-state index in [1.54, 1.807) is 24.4 Å². The van der Waals surface area contributed by atoms with Gasteiger partial charge >= 0.3 is 0 Å². The lowest BCUT2D eigenvalue weighted by molar-refractivity contribution is 0.0942. The molecule has 0 bridgehead atoms. The normalized spacial score (nSPS) is 14.5. The maximum Gasteiger partial charge on any atom is 0.255 e. The summed E-state index contributed by atoms with van der Waals surface area (Å²) in [6, 6.07) is 7.06. The lowest BCUT2D eigenvalue weighted by Crippen LogP contribution is -2.39. The molecule has 1 aromatic carbocycles. The van der Waals surface area contributed by atoms with E-state index in [0.29, 0.717) is 40.3 Å². The van der Waals surface area contributed by atoms with Gasteiger partial charge in [-0.05, 0) is 37.0 Å². The second-order valence-electron chi connectivity index (χ2n) is 6.33. The Morgan fingerprint density at radius 3 is 2.81 bits per heavy atom. The largest absolute Gasteiger partial charge is 0.496 e. The molecule has 27 heavy (non-hydrogen) atoms. The number of hydrogen-bond donors (Lipinski definition) is 1. The van der Waals surface area contributed by atoms with E-state index < -0.39 is 0 Å². The summed E-state index contributed by atoms with van der Waals surface area (Å²) in [5.41, 5.74) is 0.776. The third-order valence-corrected chi connectivity index (χ3v) is 4.89. The van der Waals surface area contributed by atoms with E-state index in [2.05, 4.69) is 26.3 Å². The molecule has 7 nitrogen and oxygen atoms in total. The first-order valence-corrected chi connectivity index (χ1v) is 9.08. The van der Waals surface area contributed by atoms with Crippen molar-refractivity contribution in [1.82, 2.24) is 15.3 Å². The summed E-state index contributed by atoms with van der Waals surface area (Å²) in [4.78, 5) is 22.9. The van der Waals surface area contributed by atoms with E-state index in [9.17, 15) is 10.1 Å². The Hall–Kier alpha value is -2.85. The lowest BCUT2D eigenvalue weighted by atomic mass is 9.96. The number of nitriles is 1. The number of ether oxygens (including phenoxy) is 1. The van der Waals surface area contributed by atoms with Crippen LogP contribution in [0.5, 0.6) is 5.75 Å². The first kappa shape index (κ1) is 18.9. The molecule has 0 spiro atoms. The van der Waals surface area contributed by atoms with E-state index >= 15 is 0 Å². The van der Waals surface area contributed by atoms with Crippen LogP contribution < -0.4 is 15.0 Å². The third kappa shape index (κ3) is 4.47. The molecule has 0 aliphatic carbocycles. The number of anilines is 1. The van der Waals surface area contributed by atoms with Gasteiger partial charge in [-0.25, -0.2) is 9.97 Å². The highest BCUT2D eigenvalue weighted by molar-refractivity contribution is 6.31. The number of benzene rings is 1. The molecule has 1 N–H and O–H groups in total. The van der Waals surface area contributed by atoms with E-state index in [4.69, 9.17) is 16.3 Å². The average molecular weight is 386 g/mol. The van der Waals surface area contributed by atoms with Crippen molar-refractivity contribution in [2.24, 2.45) is 5.92 Å². The van der Waals surface area contributed by atoms with Gasteiger partial charge in [0.05, 0.1) is 12.7 Å². The monoisotopic (exact) mass is 385 g/mol. The van der Waals surface area contributed by atoms with Crippen LogP contribution in [-0.4, -0.2) is 42.6 Å². The molecule has 3 rings (SSSR count). The van der Waals surface area contributed by atoms with E-state index in [0.717, 1.165) is 25.9 Å². The van der Waals surface area contributed by atoms with Crippen LogP contribution in [0, 0.1) is 17.2 Å². The predicted octanol–water partition coefficient (Wildman–Crippen LogP) is 2.66. The van der Waals surface area contributed by atoms with Crippen LogP contribution in [0.25, 0.3) is 0 Å². The number of hydrogen-bond acceptors (Lipinski definition) is 6. The number of methoxy groups -OCH3 is 1. The zero-order valence-corrected chi connectivity index (χ0v) is 15.7. The summed E-state index contributed by atoms with van der Waals surface area (Å²) in [5.74, 6) is 1.29. The lowest BCUT2D eigenvalue weighted by Gasteiger charge is -2.32. The van der Waals surface area contributed by atoms with Gasteiger partial charge in [0.1, 0.15) is 11.8 Å². The number of halogens is 1. The zero-order chi connectivity index (χ0) is 19.2. The van der Waals surface area contributed by atoms with Crippen molar-refractivity contribution in [3.63, 3.8) is 0 Å². The molecule has 140 valence electrons. The van der Waals surface area contributed by atoms with Crippen molar-refractivity contribution < 1.29 is 9.53 Å². The van der Waals surface area contributed by atoms with Crippen molar-refractivity contribution in [3.8, 4) is 11.8 Å². The minimum Gasteiger partial charge on any atom is -0.496 e. The van der Waals surface area contributed by atoms with E-state index in [-0.39, 0.29) is 5.91 Å². The van der Waals surface area contributed by atoms with Crippen LogP contribution in [-0.2, 0) is 0 Å². The van der Waals surface area contributed by atoms with Gasteiger partial charge in [0.15, 0.2) is 11.5 Å². The fraction of sp³-hybridized carbons (Fsp3) is 0.368. The Morgan fingerprint density at radius 2 is 2.11 bits per heavy atom. The van der Waals surface area contributed by atoms with Crippen LogP contribution in [0.3, 0.4) is 0 Å². The quantitative estimate of drug-likeness (QED) is 0.850. The average Bonchev–Trinajstić information content (AvgIpc) is 2.72. The van der Waals surface area contributed by atoms with Gasteiger partial charge in [0.2, 0.25) is 0 Å². The molecular weight excluding hydrogens is 366 g/mol. The van der Waals surface area contributed by atoms with Crippen LogP contribution in [0.15, 0.2) is 30.6 Å². The summed E-state index contributed by atoms with van der Waals surface area (Å²) in [7, 11) is 1.53. The molecular formula is C19H20ClN5O2. The van der Waals surface area contributed by atoms with Crippen LogP contribution in [0.1, 0.15) is 28.9 Å². The minimum absolute atomic E-state index is 0.197. The van der Waals surface area contributed by atoms with Gasteiger partial charge in [-0.3, -0.25) is 4.79 Å². The maximum atomic E-state index is 12.5. The second kappa shape index (κ2) is 8.69. The van der Waals surface area contributed by atoms with Crippen LogP contribution in [0.2, 0.25) is 5.02 Å². The smallest absolute Gasteiger partial charge is 0.255 e. The van der Waals surface area contributed by atoms with Crippen molar-refractivity contribution in [2.45, 2.75) is 12.8 Å².